The molecule has 1 aromatic heterocycles. The molecule has 146 valence electrons. The summed E-state index contributed by atoms with van der Waals surface area (Å²) in [6, 6.07) is 17.7. The number of carbonyl (C=O) groups is 1. The summed E-state index contributed by atoms with van der Waals surface area (Å²) in [6.45, 7) is 0.835. The molecule has 6 nitrogen and oxygen atoms in total. The van der Waals surface area contributed by atoms with Gasteiger partial charge >= 0.3 is 0 Å². The Balaban J connectivity index is 1.44. The average molecular weight is 402 g/mol. The highest BCUT2D eigenvalue weighted by atomic mass is 35.5. The molecule has 3 aromatic rings. The molecule has 0 saturated carbocycles. The number of hydrogen-bond donors (Lipinski definition) is 1. The molecular weight excluding hydrogens is 382 g/mol. The first-order valence-corrected chi connectivity index (χ1v) is 9.04. The lowest BCUT2D eigenvalue weighted by Crippen LogP contribution is -2.27. The van der Waals surface area contributed by atoms with Gasteiger partial charge < -0.3 is 23.9 Å². The van der Waals surface area contributed by atoms with Crippen LogP contribution in [0.15, 0.2) is 65.1 Å². The molecule has 0 unspecified atom stereocenters. The summed E-state index contributed by atoms with van der Waals surface area (Å²) in [5, 5.41) is 3.33. The second-order valence-corrected chi connectivity index (χ2v) is 6.20. The van der Waals surface area contributed by atoms with Crippen LogP contribution in [0.2, 0.25) is 5.02 Å². The SMILES string of the molecule is COc1ccccc1OCc1ccc(C(=O)NCCOc2cccc(Cl)c2)o1. The Kier molecular flexibility index (Phi) is 6.81. The Labute approximate surface area is 168 Å². The van der Waals surface area contributed by atoms with Gasteiger partial charge in [-0.05, 0) is 42.5 Å². The number of rotatable bonds is 9. The molecule has 7 heteroatoms. The molecule has 0 aliphatic carbocycles. The van der Waals surface area contributed by atoms with Crippen molar-refractivity contribution in [1.29, 1.82) is 0 Å². The summed E-state index contributed by atoms with van der Waals surface area (Å²) in [7, 11) is 1.58. The van der Waals surface area contributed by atoms with Crippen molar-refractivity contribution in [1.82, 2.24) is 5.32 Å². The molecule has 3 rings (SSSR count). The van der Waals surface area contributed by atoms with Crippen LogP contribution in [-0.4, -0.2) is 26.2 Å². The molecule has 1 amide bonds. The van der Waals surface area contributed by atoms with Gasteiger partial charge in [0.25, 0.3) is 5.91 Å². The van der Waals surface area contributed by atoms with Gasteiger partial charge in [-0.2, -0.15) is 0 Å². The van der Waals surface area contributed by atoms with Crippen LogP contribution in [0.1, 0.15) is 16.3 Å². The van der Waals surface area contributed by atoms with E-state index in [4.69, 9.17) is 30.2 Å². The van der Waals surface area contributed by atoms with E-state index in [1.165, 1.54) is 0 Å². The molecule has 0 aliphatic rings. The normalized spacial score (nSPS) is 10.4. The number of benzene rings is 2. The first-order chi connectivity index (χ1) is 13.7. The summed E-state index contributed by atoms with van der Waals surface area (Å²) >= 11 is 5.89. The second kappa shape index (κ2) is 9.71. The van der Waals surface area contributed by atoms with E-state index in [0.29, 0.717) is 41.2 Å². The molecule has 1 heterocycles. The van der Waals surface area contributed by atoms with Gasteiger partial charge in [-0.1, -0.05) is 29.8 Å². The van der Waals surface area contributed by atoms with Gasteiger partial charge in [0.05, 0.1) is 13.7 Å². The van der Waals surface area contributed by atoms with Crippen molar-refractivity contribution in [3.63, 3.8) is 0 Å². The molecule has 0 aliphatic heterocycles. The van der Waals surface area contributed by atoms with Gasteiger partial charge in [0.1, 0.15) is 24.7 Å². The van der Waals surface area contributed by atoms with E-state index < -0.39 is 0 Å². The Morgan fingerprint density at radius 1 is 1.04 bits per heavy atom. The Hall–Kier alpha value is -3.12. The standard InChI is InChI=1S/C21H20ClNO5/c1-25-18-7-2-3-8-19(18)27-14-17-9-10-20(28-17)21(24)23-11-12-26-16-6-4-5-15(22)13-16/h2-10,13H,11-12,14H2,1H3,(H,23,24). The molecule has 2 aromatic carbocycles. The van der Waals surface area contributed by atoms with Gasteiger partial charge in [-0.25, -0.2) is 0 Å². The van der Waals surface area contributed by atoms with Gasteiger partial charge in [0, 0.05) is 5.02 Å². The number of carbonyl (C=O) groups excluding carboxylic acids is 1. The Morgan fingerprint density at radius 3 is 2.64 bits per heavy atom. The molecule has 1 N–H and O–H groups in total. The minimum Gasteiger partial charge on any atom is -0.493 e. The molecule has 28 heavy (non-hydrogen) atoms. The molecular formula is C21H20ClNO5. The largest absolute Gasteiger partial charge is 0.493 e. The number of halogens is 1. The van der Waals surface area contributed by atoms with E-state index in [-0.39, 0.29) is 18.3 Å². The smallest absolute Gasteiger partial charge is 0.287 e. The zero-order valence-electron chi connectivity index (χ0n) is 15.3. The van der Waals surface area contributed by atoms with Crippen LogP contribution in [0.5, 0.6) is 17.2 Å². The van der Waals surface area contributed by atoms with Crippen molar-refractivity contribution < 1.29 is 23.4 Å². The van der Waals surface area contributed by atoms with Crippen molar-refractivity contribution in [2.75, 3.05) is 20.3 Å². The van der Waals surface area contributed by atoms with Gasteiger partial charge in [0.2, 0.25) is 0 Å². The van der Waals surface area contributed by atoms with Crippen molar-refractivity contribution in [3.8, 4) is 17.2 Å². The highest BCUT2D eigenvalue weighted by Gasteiger charge is 2.12. The fraction of sp³-hybridized carbons (Fsp3) is 0.190. The molecule has 0 atom stereocenters. The summed E-state index contributed by atoms with van der Waals surface area (Å²) in [4.78, 5) is 12.2. The van der Waals surface area contributed by atoms with Gasteiger partial charge in [-0.15, -0.1) is 0 Å². The van der Waals surface area contributed by atoms with Crippen LogP contribution < -0.4 is 19.5 Å². The van der Waals surface area contributed by atoms with Crippen LogP contribution in [0.25, 0.3) is 0 Å². The predicted molar refractivity (Wildman–Crippen MR) is 105 cm³/mol. The summed E-state index contributed by atoms with van der Waals surface area (Å²) in [5.74, 6) is 2.30. The summed E-state index contributed by atoms with van der Waals surface area (Å²) < 4.78 is 22.0. The number of ether oxygens (including phenoxy) is 3. The van der Waals surface area contributed by atoms with Crippen molar-refractivity contribution in [2.45, 2.75) is 6.61 Å². The number of methoxy groups -OCH3 is 1. The third-order valence-corrected chi connectivity index (χ3v) is 4.01. The maximum Gasteiger partial charge on any atom is 0.287 e. The maximum atomic E-state index is 12.2. The van der Waals surface area contributed by atoms with Crippen molar-refractivity contribution in [3.05, 3.63) is 77.2 Å². The van der Waals surface area contributed by atoms with E-state index in [9.17, 15) is 4.79 Å². The molecule has 0 radical (unpaired) electrons. The van der Waals surface area contributed by atoms with Crippen LogP contribution in [-0.2, 0) is 6.61 Å². The fourth-order valence-corrected chi connectivity index (χ4v) is 2.62. The van der Waals surface area contributed by atoms with Gasteiger partial charge in [-0.3, -0.25) is 4.79 Å². The molecule has 0 bridgehead atoms. The minimum atomic E-state index is -0.321. The summed E-state index contributed by atoms with van der Waals surface area (Å²) in [5.41, 5.74) is 0. The number of para-hydroxylation sites is 2. The van der Waals surface area contributed by atoms with Crippen molar-refractivity contribution >= 4 is 17.5 Å². The average Bonchev–Trinajstić information content (AvgIpc) is 3.19. The van der Waals surface area contributed by atoms with E-state index in [2.05, 4.69) is 5.32 Å². The first kappa shape index (κ1) is 19.6. The third-order valence-electron chi connectivity index (χ3n) is 3.78. The van der Waals surface area contributed by atoms with Crippen molar-refractivity contribution in [2.24, 2.45) is 0 Å². The van der Waals surface area contributed by atoms with Crippen LogP contribution in [0.3, 0.4) is 0 Å². The van der Waals surface area contributed by atoms with Crippen LogP contribution >= 0.6 is 11.6 Å². The van der Waals surface area contributed by atoms with E-state index in [1.54, 1.807) is 49.6 Å². The van der Waals surface area contributed by atoms with E-state index in [1.807, 2.05) is 18.2 Å². The lowest BCUT2D eigenvalue weighted by Gasteiger charge is -2.09. The lowest BCUT2D eigenvalue weighted by molar-refractivity contribution is 0.0915. The maximum absolute atomic E-state index is 12.2. The first-order valence-electron chi connectivity index (χ1n) is 8.67. The Bertz CT molecular complexity index is 924. The van der Waals surface area contributed by atoms with E-state index in [0.717, 1.165) is 0 Å². The number of amides is 1. The highest BCUT2D eigenvalue weighted by molar-refractivity contribution is 6.30. The minimum absolute atomic E-state index is 0.186. The summed E-state index contributed by atoms with van der Waals surface area (Å²) in [6.07, 6.45) is 0. The predicted octanol–water partition coefficient (Wildman–Crippen LogP) is 4.33. The second-order valence-electron chi connectivity index (χ2n) is 5.77. The zero-order chi connectivity index (χ0) is 19.8. The van der Waals surface area contributed by atoms with E-state index >= 15 is 0 Å². The number of furan rings is 1. The topological polar surface area (TPSA) is 69.9 Å². The Morgan fingerprint density at radius 2 is 1.86 bits per heavy atom. The zero-order valence-corrected chi connectivity index (χ0v) is 16.1. The van der Waals surface area contributed by atoms with Crippen LogP contribution in [0.4, 0.5) is 0 Å². The molecule has 0 saturated heterocycles. The molecule has 0 fully saturated rings. The third kappa shape index (κ3) is 5.44. The quantitative estimate of drug-likeness (QED) is 0.540. The lowest BCUT2D eigenvalue weighted by atomic mass is 10.3. The fourth-order valence-electron chi connectivity index (χ4n) is 2.44. The number of hydrogen-bond acceptors (Lipinski definition) is 5. The molecule has 0 spiro atoms. The monoisotopic (exact) mass is 401 g/mol. The number of nitrogens with one attached hydrogen (secondary N) is 1. The van der Waals surface area contributed by atoms with Crippen LogP contribution in [0, 0.1) is 0 Å². The van der Waals surface area contributed by atoms with Gasteiger partial charge in [0.15, 0.2) is 17.3 Å². The highest BCUT2D eigenvalue weighted by Crippen LogP contribution is 2.26.